The van der Waals surface area contributed by atoms with Crippen molar-refractivity contribution in [2.24, 2.45) is 0 Å². The van der Waals surface area contributed by atoms with Crippen LogP contribution in [0.5, 0.6) is 5.75 Å². The van der Waals surface area contributed by atoms with E-state index >= 15 is 0 Å². The summed E-state index contributed by atoms with van der Waals surface area (Å²) in [5.74, 6) is 0.820. The Morgan fingerprint density at radius 3 is 2.52 bits per heavy atom. The highest BCUT2D eigenvalue weighted by molar-refractivity contribution is 6.30. The molecule has 1 atom stereocenters. The zero-order chi connectivity index (χ0) is 16.7. The third kappa shape index (κ3) is 7.06. The van der Waals surface area contributed by atoms with E-state index in [0.29, 0.717) is 18.2 Å². The molecular formula is C17H28ClN3O2. The molecule has 0 aromatic heterocycles. The van der Waals surface area contributed by atoms with Crippen LogP contribution >= 0.6 is 11.6 Å². The van der Waals surface area contributed by atoms with Gasteiger partial charge in [0.15, 0.2) is 0 Å². The second-order valence-electron chi connectivity index (χ2n) is 6.32. The Morgan fingerprint density at radius 1 is 1.22 bits per heavy atom. The van der Waals surface area contributed by atoms with Crippen molar-refractivity contribution in [2.45, 2.75) is 6.10 Å². The highest BCUT2D eigenvalue weighted by Crippen LogP contribution is 2.15. The van der Waals surface area contributed by atoms with Gasteiger partial charge in [-0.1, -0.05) is 11.6 Å². The van der Waals surface area contributed by atoms with E-state index in [2.05, 4.69) is 21.7 Å². The van der Waals surface area contributed by atoms with Crippen LogP contribution in [-0.4, -0.2) is 92.4 Å². The first-order chi connectivity index (χ1) is 11.0. The van der Waals surface area contributed by atoms with Crippen molar-refractivity contribution in [1.29, 1.82) is 0 Å². The lowest BCUT2D eigenvalue weighted by Crippen LogP contribution is -2.48. The molecule has 0 amide bonds. The molecule has 1 unspecified atom stereocenters. The van der Waals surface area contributed by atoms with Crippen molar-refractivity contribution in [1.82, 2.24) is 14.7 Å². The lowest BCUT2D eigenvalue weighted by atomic mass is 10.2. The molecule has 0 saturated carbocycles. The monoisotopic (exact) mass is 341 g/mol. The van der Waals surface area contributed by atoms with E-state index in [1.165, 1.54) is 0 Å². The molecule has 0 spiro atoms. The standard InChI is InChI=1S/C17H28ClN3O2/c1-19-7-9-21(10-8-19)14-16(22)13-20(2)11-12-23-17-5-3-15(18)4-6-17/h3-6,16,22H,7-14H2,1-2H3. The topological polar surface area (TPSA) is 39.2 Å². The zero-order valence-electron chi connectivity index (χ0n) is 14.1. The van der Waals surface area contributed by atoms with Crippen molar-refractivity contribution >= 4 is 11.6 Å². The summed E-state index contributed by atoms with van der Waals surface area (Å²) < 4.78 is 5.68. The molecule has 1 fully saturated rings. The maximum atomic E-state index is 10.2. The van der Waals surface area contributed by atoms with Crippen LogP contribution in [0.1, 0.15) is 0 Å². The number of β-amino-alcohol motifs (C(OH)–C–C–N with tert-alkyl or cyclic N) is 1. The third-order valence-electron chi connectivity index (χ3n) is 4.14. The number of rotatable bonds is 8. The van der Waals surface area contributed by atoms with E-state index in [4.69, 9.17) is 16.3 Å². The molecule has 23 heavy (non-hydrogen) atoms. The minimum Gasteiger partial charge on any atom is -0.492 e. The van der Waals surface area contributed by atoms with Crippen molar-refractivity contribution in [3.8, 4) is 5.75 Å². The van der Waals surface area contributed by atoms with Gasteiger partial charge in [-0.2, -0.15) is 0 Å². The second-order valence-corrected chi connectivity index (χ2v) is 6.76. The van der Waals surface area contributed by atoms with Crippen molar-refractivity contribution < 1.29 is 9.84 Å². The Bertz CT molecular complexity index is 450. The van der Waals surface area contributed by atoms with Gasteiger partial charge in [-0.05, 0) is 38.4 Å². The molecule has 6 heteroatoms. The molecule has 1 aliphatic rings. The number of likely N-dealkylation sites (N-methyl/N-ethyl adjacent to an activating group) is 2. The van der Waals surface area contributed by atoms with E-state index < -0.39 is 0 Å². The number of piperazine rings is 1. The fourth-order valence-electron chi connectivity index (χ4n) is 2.69. The predicted octanol–water partition coefficient (Wildman–Crippen LogP) is 1.26. The summed E-state index contributed by atoms with van der Waals surface area (Å²) in [5, 5.41) is 10.9. The molecule has 0 bridgehead atoms. The smallest absolute Gasteiger partial charge is 0.119 e. The fraction of sp³-hybridized carbons (Fsp3) is 0.647. The van der Waals surface area contributed by atoms with Crippen LogP contribution in [0.15, 0.2) is 24.3 Å². The Morgan fingerprint density at radius 2 is 1.87 bits per heavy atom. The van der Waals surface area contributed by atoms with Gasteiger partial charge in [0.25, 0.3) is 0 Å². The fourth-order valence-corrected chi connectivity index (χ4v) is 2.81. The van der Waals surface area contributed by atoms with Crippen LogP contribution in [0.4, 0.5) is 0 Å². The maximum absolute atomic E-state index is 10.2. The van der Waals surface area contributed by atoms with Crippen LogP contribution < -0.4 is 4.74 Å². The van der Waals surface area contributed by atoms with Gasteiger partial charge in [0.2, 0.25) is 0 Å². The van der Waals surface area contributed by atoms with Crippen LogP contribution in [0.2, 0.25) is 5.02 Å². The van der Waals surface area contributed by atoms with Gasteiger partial charge in [0.05, 0.1) is 6.10 Å². The Balaban J connectivity index is 1.60. The molecule has 0 radical (unpaired) electrons. The average molecular weight is 342 g/mol. The Hall–Kier alpha value is -0.850. The summed E-state index contributed by atoms with van der Waals surface area (Å²) in [4.78, 5) is 6.77. The van der Waals surface area contributed by atoms with Crippen molar-refractivity contribution in [3.05, 3.63) is 29.3 Å². The molecule has 1 aromatic rings. The van der Waals surface area contributed by atoms with Gasteiger partial charge in [-0.3, -0.25) is 4.90 Å². The van der Waals surface area contributed by atoms with Crippen LogP contribution in [0.3, 0.4) is 0 Å². The van der Waals surface area contributed by atoms with Crippen LogP contribution in [-0.2, 0) is 0 Å². The summed E-state index contributed by atoms with van der Waals surface area (Å²) in [5.41, 5.74) is 0. The minimum absolute atomic E-state index is 0.320. The van der Waals surface area contributed by atoms with Gasteiger partial charge in [0, 0.05) is 50.8 Å². The van der Waals surface area contributed by atoms with Crippen LogP contribution in [0, 0.1) is 0 Å². The summed E-state index contributed by atoms with van der Waals surface area (Å²) in [6.45, 7) is 7.03. The largest absolute Gasteiger partial charge is 0.492 e. The SMILES string of the molecule is CN1CCN(CC(O)CN(C)CCOc2ccc(Cl)cc2)CC1. The van der Waals surface area contributed by atoms with Crippen molar-refractivity contribution in [2.75, 3.05) is 66.5 Å². The first-order valence-electron chi connectivity index (χ1n) is 8.19. The maximum Gasteiger partial charge on any atom is 0.119 e. The zero-order valence-corrected chi connectivity index (χ0v) is 14.9. The number of ether oxygens (including phenoxy) is 1. The van der Waals surface area contributed by atoms with E-state index in [9.17, 15) is 5.11 Å². The van der Waals surface area contributed by atoms with E-state index in [1.807, 2.05) is 31.3 Å². The molecule has 1 aliphatic heterocycles. The molecule has 130 valence electrons. The first-order valence-corrected chi connectivity index (χ1v) is 8.56. The van der Waals surface area contributed by atoms with Gasteiger partial charge in [-0.15, -0.1) is 0 Å². The highest BCUT2D eigenvalue weighted by Gasteiger charge is 2.17. The normalized spacial score (nSPS) is 18.3. The number of halogens is 1. The molecule has 5 nitrogen and oxygen atoms in total. The molecule has 1 heterocycles. The summed E-state index contributed by atoms with van der Waals surface area (Å²) in [6.07, 6.45) is -0.320. The summed E-state index contributed by atoms with van der Waals surface area (Å²) >= 11 is 5.84. The summed E-state index contributed by atoms with van der Waals surface area (Å²) in [6, 6.07) is 7.37. The van der Waals surface area contributed by atoms with Crippen molar-refractivity contribution in [3.63, 3.8) is 0 Å². The molecule has 1 N–H and O–H groups in total. The third-order valence-corrected chi connectivity index (χ3v) is 4.39. The second kappa shape index (κ2) is 9.45. The Kier molecular flexibility index (Phi) is 7.59. The number of benzene rings is 1. The molecular weight excluding hydrogens is 314 g/mol. The molecule has 1 aromatic carbocycles. The first kappa shape index (κ1) is 18.5. The van der Waals surface area contributed by atoms with E-state index in [-0.39, 0.29) is 6.10 Å². The van der Waals surface area contributed by atoms with Gasteiger partial charge in [-0.25, -0.2) is 0 Å². The number of aliphatic hydroxyl groups excluding tert-OH is 1. The molecule has 2 rings (SSSR count). The van der Waals surface area contributed by atoms with Crippen LogP contribution in [0.25, 0.3) is 0 Å². The quantitative estimate of drug-likeness (QED) is 0.770. The Labute approximate surface area is 144 Å². The average Bonchev–Trinajstić information content (AvgIpc) is 2.51. The minimum atomic E-state index is -0.320. The number of nitrogens with zero attached hydrogens (tertiary/aromatic N) is 3. The number of hydrogen-bond donors (Lipinski definition) is 1. The summed E-state index contributed by atoms with van der Waals surface area (Å²) in [7, 11) is 4.15. The van der Waals surface area contributed by atoms with Gasteiger partial charge >= 0.3 is 0 Å². The van der Waals surface area contributed by atoms with E-state index in [1.54, 1.807) is 0 Å². The predicted molar refractivity (Wildman–Crippen MR) is 94.4 cm³/mol. The van der Waals surface area contributed by atoms with Gasteiger partial charge in [0.1, 0.15) is 12.4 Å². The number of hydrogen-bond acceptors (Lipinski definition) is 5. The lowest BCUT2D eigenvalue weighted by Gasteiger charge is -2.34. The van der Waals surface area contributed by atoms with Gasteiger partial charge < -0.3 is 19.6 Å². The lowest BCUT2D eigenvalue weighted by molar-refractivity contribution is 0.0582. The highest BCUT2D eigenvalue weighted by atomic mass is 35.5. The van der Waals surface area contributed by atoms with E-state index in [0.717, 1.165) is 45.0 Å². The number of aliphatic hydroxyl groups is 1. The molecule has 1 saturated heterocycles. The molecule has 0 aliphatic carbocycles.